The number of aryl methyl sites for hydroxylation is 1. The largest absolute Gasteiger partial charge is 0.497 e. The number of rotatable bonds is 5. The van der Waals surface area contributed by atoms with Gasteiger partial charge in [-0.15, -0.1) is 0 Å². The normalized spacial score (nSPS) is 10.7. The zero-order valence-corrected chi connectivity index (χ0v) is 16.5. The second-order valence-corrected chi connectivity index (χ2v) is 6.66. The summed E-state index contributed by atoms with van der Waals surface area (Å²) in [6, 6.07) is 20.5. The van der Waals surface area contributed by atoms with Gasteiger partial charge in [-0.3, -0.25) is 4.79 Å². The Kier molecular flexibility index (Phi) is 4.96. The first-order valence-electron chi connectivity index (χ1n) is 9.22. The maximum atomic E-state index is 13.1. The predicted molar refractivity (Wildman–Crippen MR) is 115 cm³/mol. The number of benzene rings is 3. The van der Waals surface area contributed by atoms with Crippen LogP contribution >= 0.6 is 0 Å². The molecule has 1 aromatic heterocycles. The van der Waals surface area contributed by atoms with Gasteiger partial charge in [0.25, 0.3) is 0 Å². The quantitative estimate of drug-likeness (QED) is 0.488. The minimum Gasteiger partial charge on any atom is -0.497 e. The zero-order chi connectivity index (χ0) is 20.4. The van der Waals surface area contributed by atoms with Gasteiger partial charge in [-0.1, -0.05) is 18.2 Å². The van der Waals surface area contributed by atoms with Crippen LogP contribution in [0.5, 0.6) is 11.5 Å². The van der Waals surface area contributed by atoms with E-state index in [1.165, 1.54) is 0 Å². The van der Waals surface area contributed by atoms with Crippen molar-refractivity contribution < 1.29 is 13.9 Å². The number of methoxy groups -OCH3 is 2. The lowest BCUT2D eigenvalue weighted by Gasteiger charge is -2.11. The van der Waals surface area contributed by atoms with Crippen molar-refractivity contribution in [1.82, 2.24) is 0 Å². The summed E-state index contributed by atoms with van der Waals surface area (Å²) in [6.07, 6.45) is 0. The molecule has 0 atom stereocenters. The minimum atomic E-state index is -0.0538. The summed E-state index contributed by atoms with van der Waals surface area (Å²) >= 11 is 0. The number of nitrogens with one attached hydrogen (secondary N) is 1. The van der Waals surface area contributed by atoms with Gasteiger partial charge >= 0.3 is 0 Å². The molecule has 4 aromatic rings. The molecular weight excluding hydrogens is 366 g/mol. The van der Waals surface area contributed by atoms with Crippen LogP contribution in [0, 0.1) is 6.92 Å². The fourth-order valence-electron chi connectivity index (χ4n) is 3.34. The van der Waals surface area contributed by atoms with Gasteiger partial charge in [0, 0.05) is 23.5 Å². The topological polar surface area (TPSA) is 60.7 Å². The van der Waals surface area contributed by atoms with Crippen molar-refractivity contribution in [3.63, 3.8) is 0 Å². The lowest BCUT2D eigenvalue weighted by Crippen LogP contribution is -2.07. The molecular formula is C24H21NO4. The third kappa shape index (κ3) is 3.67. The molecule has 146 valence electrons. The Labute approximate surface area is 168 Å². The molecule has 1 N–H and O–H groups in total. The van der Waals surface area contributed by atoms with Crippen molar-refractivity contribution >= 4 is 22.3 Å². The lowest BCUT2D eigenvalue weighted by molar-refractivity contribution is 0.415. The minimum absolute atomic E-state index is 0.0538. The third-order valence-corrected chi connectivity index (χ3v) is 4.81. The lowest BCUT2D eigenvalue weighted by atomic mass is 10.0. The van der Waals surface area contributed by atoms with E-state index in [9.17, 15) is 4.79 Å². The van der Waals surface area contributed by atoms with E-state index in [1.54, 1.807) is 20.3 Å². The van der Waals surface area contributed by atoms with Crippen molar-refractivity contribution in [2.45, 2.75) is 6.92 Å². The van der Waals surface area contributed by atoms with Crippen LogP contribution in [0.25, 0.3) is 22.1 Å². The van der Waals surface area contributed by atoms with Crippen molar-refractivity contribution in [2.75, 3.05) is 19.5 Å². The predicted octanol–water partition coefficient (Wildman–Crippen LogP) is 5.53. The van der Waals surface area contributed by atoms with Crippen molar-refractivity contribution in [3.05, 3.63) is 82.7 Å². The summed E-state index contributed by atoms with van der Waals surface area (Å²) in [5.74, 6) is 2.08. The summed E-state index contributed by atoms with van der Waals surface area (Å²) in [4.78, 5) is 13.1. The van der Waals surface area contributed by atoms with Crippen LogP contribution in [0.3, 0.4) is 0 Å². The average molecular weight is 387 g/mol. The van der Waals surface area contributed by atoms with Crippen LogP contribution in [0.2, 0.25) is 0 Å². The first kappa shape index (κ1) is 18.6. The molecule has 0 bridgehead atoms. The van der Waals surface area contributed by atoms with Gasteiger partial charge in [-0.25, -0.2) is 0 Å². The number of fused-ring (bicyclic) bond motifs is 1. The van der Waals surface area contributed by atoms with E-state index in [0.717, 1.165) is 28.4 Å². The highest BCUT2D eigenvalue weighted by molar-refractivity contribution is 5.86. The highest BCUT2D eigenvalue weighted by Gasteiger charge is 2.14. The Morgan fingerprint density at radius 1 is 0.828 bits per heavy atom. The highest BCUT2D eigenvalue weighted by atomic mass is 16.5. The van der Waals surface area contributed by atoms with E-state index in [4.69, 9.17) is 13.9 Å². The second kappa shape index (κ2) is 7.72. The molecule has 0 fully saturated rings. The summed E-state index contributed by atoms with van der Waals surface area (Å²) in [7, 11) is 3.24. The van der Waals surface area contributed by atoms with Gasteiger partial charge in [-0.2, -0.15) is 0 Å². The summed E-state index contributed by atoms with van der Waals surface area (Å²) in [6.45, 7) is 1.81. The number of anilines is 2. The van der Waals surface area contributed by atoms with Crippen LogP contribution < -0.4 is 20.2 Å². The molecule has 1 heterocycles. The second-order valence-electron chi connectivity index (χ2n) is 6.66. The van der Waals surface area contributed by atoms with E-state index in [1.807, 2.05) is 67.6 Å². The van der Waals surface area contributed by atoms with E-state index in [-0.39, 0.29) is 5.43 Å². The Bertz CT molecular complexity index is 1230. The van der Waals surface area contributed by atoms with Crippen molar-refractivity contribution in [2.24, 2.45) is 0 Å². The van der Waals surface area contributed by atoms with Crippen LogP contribution in [-0.4, -0.2) is 14.2 Å². The molecule has 4 rings (SSSR count). The summed E-state index contributed by atoms with van der Waals surface area (Å²) in [5.41, 5.74) is 3.56. The molecule has 0 radical (unpaired) electrons. The first-order chi connectivity index (χ1) is 14.1. The molecule has 0 aliphatic heterocycles. The number of hydrogen-bond donors (Lipinski definition) is 1. The van der Waals surface area contributed by atoms with Gasteiger partial charge in [-0.05, 0) is 48.9 Å². The van der Waals surface area contributed by atoms with Gasteiger partial charge < -0.3 is 19.2 Å². The van der Waals surface area contributed by atoms with E-state index < -0.39 is 0 Å². The average Bonchev–Trinajstić information content (AvgIpc) is 2.74. The van der Waals surface area contributed by atoms with Gasteiger partial charge in [0.1, 0.15) is 22.8 Å². The molecule has 5 nitrogen and oxygen atoms in total. The third-order valence-electron chi connectivity index (χ3n) is 4.81. The Morgan fingerprint density at radius 2 is 1.55 bits per heavy atom. The van der Waals surface area contributed by atoms with Crippen molar-refractivity contribution in [1.29, 1.82) is 0 Å². The first-order valence-corrected chi connectivity index (χ1v) is 9.22. The van der Waals surface area contributed by atoms with E-state index >= 15 is 0 Å². The molecule has 29 heavy (non-hydrogen) atoms. The van der Waals surface area contributed by atoms with Crippen molar-refractivity contribution in [3.8, 4) is 22.6 Å². The zero-order valence-electron chi connectivity index (χ0n) is 16.5. The molecule has 3 aromatic carbocycles. The monoisotopic (exact) mass is 387 g/mol. The fourth-order valence-corrected chi connectivity index (χ4v) is 3.34. The highest BCUT2D eigenvalue weighted by Crippen LogP contribution is 2.28. The Balaban J connectivity index is 1.73. The van der Waals surface area contributed by atoms with Crippen LogP contribution in [0.15, 0.2) is 75.9 Å². The van der Waals surface area contributed by atoms with Gasteiger partial charge in [0.2, 0.25) is 5.43 Å². The molecule has 0 amide bonds. The maximum absolute atomic E-state index is 13.1. The smallest absolute Gasteiger partial charge is 0.200 e. The molecule has 0 aliphatic carbocycles. The number of hydrogen-bond acceptors (Lipinski definition) is 5. The summed E-state index contributed by atoms with van der Waals surface area (Å²) in [5, 5.41) is 3.85. The van der Waals surface area contributed by atoms with Gasteiger partial charge in [0.15, 0.2) is 0 Å². The SMILES string of the molecule is COc1ccc(-c2c(C)oc3cc(Nc4cccc(OC)c4)ccc3c2=O)cc1. The summed E-state index contributed by atoms with van der Waals surface area (Å²) < 4.78 is 16.5. The molecule has 0 saturated heterocycles. The van der Waals surface area contributed by atoms with Crippen LogP contribution in [-0.2, 0) is 0 Å². The van der Waals surface area contributed by atoms with Crippen LogP contribution in [0.1, 0.15) is 5.76 Å². The molecule has 0 unspecified atom stereocenters. The molecule has 5 heteroatoms. The maximum Gasteiger partial charge on any atom is 0.200 e. The molecule has 0 saturated carbocycles. The van der Waals surface area contributed by atoms with Crippen LogP contribution in [0.4, 0.5) is 11.4 Å². The van der Waals surface area contributed by atoms with E-state index in [2.05, 4.69) is 5.32 Å². The Morgan fingerprint density at radius 3 is 2.28 bits per heavy atom. The van der Waals surface area contributed by atoms with E-state index in [0.29, 0.717) is 22.3 Å². The molecule has 0 aliphatic rings. The standard InChI is InChI=1S/C24H21NO4/c1-15-23(16-7-10-19(27-2)11-8-16)24(26)21-12-9-18(14-22(21)29-15)25-17-5-4-6-20(13-17)28-3/h4-14,25H,1-3H3. The fraction of sp³-hybridized carbons (Fsp3) is 0.125. The Hall–Kier alpha value is -3.73. The number of ether oxygens (including phenoxy) is 2. The van der Waals surface area contributed by atoms with Gasteiger partial charge in [0.05, 0.1) is 25.2 Å². The molecule has 0 spiro atoms.